The van der Waals surface area contributed by atoms with Crippen LogP contribution in [0.25, 0.3) is 10.9 Å². The summed E-state index contributed by atoms with van der Waals surface area (Å²) in [7, 11) is 0. The molecule has 0 saturated carbocycles. The van der Waals surface area contributed by atoms with Gasteiger partial charge < -0.3 is 9.84 Å². The topological polar surface area (TPSA) is 59.4 Å². The van der Waals surface area contributed by atoms with E-state index in [1.807, 2.05) is 13.0 Å². The van der Waals surface area contributed by atoms with Crippen LogP contribution in [0.3, 0.4) is 0 Å². The zero-order valence-electron chi connectivity index (χ0n) is 17.7. The van der Waals surface area contributed by atoms with Crippen LogP contribution in [-0.4, -0.2) is 15.9 Å². The lowest BCUT2D eigenvalue weighted by atomic mass is 10.0. The molecule has 0 atom stereocenters. The number of nitrogens with zero attached hydrogens (tertiary/aromatic N) is 1. The van der Waals surface area contributed by atoms with Crippen molar-refractivity contribution in [3.05, 3.63) is 93.9 Å². The van der Waals surface area contributed by atoms with Gasteiger partial charge in [-0.25, -0.2) is 4.39 Å². The van der Waals surface area contributed by atoms with Gasteiger partial charge in [-0.1, -0.05) is 35.4 Å². The highest BCUT2D eigenvalue weighted by Gasteiger charge is 2.13. The van der Waals surface area contributed by atoms with Gasteiger partial charge in [0.15, 0.2) is 0 Å². The number of Topliss-reactive ketones (excluding diaryl/α,β-unsaturated/α-hetero) is 1. The van der Waals surface area contributed by atoms with Crippen LogP contribution in [0.5, 0.6) is 17.2 Å². The van der Waals surface area contributed by atoms with Crippen molar-refractivity contribution < 1.29 is 19.0 Å². The van der Waals surface area contributed by atoms with Gasteiger partial charge in [0.05, 0.1) is 5.52 Å². The third-order valence-electron chi connectivity index (χ3n) is 5.25. The molecule has 4 nitrogen and oxygen atoms in total. The van der Waals surface area contributed by atoms with E-state index in [2.05, 4.69) is 4.98 Å². The van der Waals surface area contributed by atoms with Gasteiger partial charge in [-0.3, -0.25) is 9.78 Å². The molecule has 0 aliphatic carbocycles. The molecule has 3 aromatic carbocycles. The van der Waals surface area contributed by atoms with E-state index in [-0.39, 0.29) is 30.2 Å². The molecule has 1 heterocycles. The second kappa shape index (κ2) is 8.97. The number of hydrogen-bond acceptors (Lipinski definition) is 4. The van der Waals surface area contributed by atoms with Crippen molar-refractivity contribution in [3.63, 3.8) is 0 Å². The van der Waals surface area contributed by atoms with Crippen LogP contribution in [0.2, 0.25) is 5.02 Å². The van der Waals surface area contributed by atoms with Crippen molar-refractivity contribution in [1.82, 2.24) is 4.98 Å². The van der Waals surface area contributed by atoms with Crippen molar-refractivity contribution >= 4 is 28.3 Å². The van der Waals surface area contributed by atoms with Gasteiger partial charge in [-0.2, -0.15) is 0 Å². The van der Waals surface area contributed by atoms with Crippen molar-refractivity contribution in [2.75, 3.05) is 0 Å². The fourth-order valence-electron chi connectivity index (χ4n) is 3.54. The lowest BCUT2D eigenvalue weighted by Crippen LogP contribution is -2.08. The molecule has 6 heteroatoms. The first-order chi connectivity index (χ1) is 15.3. The summed E-state index contributed by atoms with van der Waals surface area (Å²) in [6.07, 6.45) is 1.71. The molecule has 32 heavy (non-hydrogen) atoms. The number of fused-ring (bicyclic) bond motifs is 1. The minimum absolute atomic E-state index is 0.0112. The van der Waals surface area contributed by atoms with Gasteiger partial charge in [0.1, 0.15) is 28.8 Å². The first-order valence-electron chi connectivity index (χ1n) is 10.1. The molecule has 0 unspecified atom stereocenters. The molecule has 0 aliphatic heterocycles. The Morgan fingerprint density at radius 1 is 1.03 bits per heavy atom. The van der Waals surface area contributed by atoms with Crippen molar-refractivity contribution in [3.8, 4) is 17.2 Å². The maximum absolute atomic E-state index is 14.0. The van der Waals surface area contributed by atoms with Crippen LogP contribution in [0.15, 0.2) is 60.8 Å². The number of hydrogen-bond donors (Lipinski definition) is 1. The zero-order chi connectivity index (χ0) is 22.8. The highest BCUT2D eigenvalue weighted by atomic mass is 35.5. The maximum Gasteiger partial charge on any atom is 0.141 e. The predicted octanol–water partition coefficient (Wildman–Crippen LogP) is 6.50. The van der Waals surface area contributed by atoms with Crippen LogP contribution in [0.4, 0.5) is 4.39 Å². The van der Waals surface area contributed by atoms with Crippen LogP contribution in [0, 0.1) is 19.7 Å². The third kappa shape index (κ3) is 4.73. The zero-order valence-corrected chi connectivity index (χ0v) is 18.4. The summed E-state index contributed by atoms with van der Waals surface area (Å²) in [6.45, 7) is 3.66. The predicted molar refractivity (Wildman–Crippen MR) is 123 cm³/mol. The number of pyridine rings is 1. The highest BCUT2D eigenvalue weighted by Crippen LogP contribution is 2.34. The summed E-state index contributed by atoms with van der Waals surface area (Å²) in [5.74, 6) is 0.749. The van der Waals surface area contributed by atoms with Crippen LogP contribution < -0.4 is 4.74 Å². The second-order valence-corrected chi connectivity index (χ2v) is 8.21. The largest absolute Gasteiger partial charge is 0.508 e. The summed E-state index contributed by atoms with van der Waals surface area (Å²) < 4.78 is 20.0. The Morgan fingerprint density at radius 2 is 1.81 bits per heavy atom. The second-order valence-electron chi connectivity index (χ2n) is 7.81. The summed E-state index contributed by atoms with van der Waals surface area (Å²) in [4.78, 5) is 16.8. The molecule has 0 fully saturated rings. The van der Waals surface area contributed by atoms with Gasteiger partial charge in [0, 0.05) is 35.5 Å². The Kier molecular flexibility index (Phi) is 6.10. The lowest BCUT2D eigenvalue weighted by Gasteiger charge is -2.12. The number of aryl methyl sites for hydroxylation is 2. The first kappa shape index (κ1) is 21.8. The van der Waals surface area contributed by atoms with Gasteiger partial charge in [0.25, 0.3) is 0 Å². The Balaban J connectivity index is 1.51. The molecule has 4 rings (SSSR count). The molecule has 4 aromatic rings. The molecule has 0 bridgehead atoms. The number of rotatable bonds is 6. The number of aromatic nitrogens is 1. The molecule has 0 spiro atoms. The molecule has 0 amide bonds. The van der Waals surface area contributed by atoms with Gasteiger partial charge in [-0.05, 0) is 60.9 Å². The van der Waals surface area contributed by atoms with Crippen molar-refractivity contribution in [2.24, 2.45) is 0 Å². The van der Waals surface area contributed by atoms with E-state index in [1.165, 1.54) is 6.07 Å². The van der Waals surface area contributed by atoms with E-state index >= 15 is 0 Å². The Morgan fingerprint density at radius 3 is 2.59 bits per heavy atom. The average molecular weight is 450 g/mol. The number of ketones is 1. The monoisotopic (exact) mass is 449 g/mol. The first-order valence-corrected chi connectivity index (χ1v) is 10.5. The SMILES string of the molecule is Cc1ccc(F)c(CC(=O)Cc2ccc(Oc3ccnc4cc(O)c(C)cc34)cc2Cl)c1. The molecule has 1 aromatic heterocycles. The Bertz CT molecular complexity index is 1340. The van der Waals surface area contributed by atoms with Gasteiger partial charge >= 0.3 is 0 Å². The maximum atomic E-state index is 14.0. The summed E-state index contributed by atoms with van der Waals surface area (Å²) in [5, 5.41) is 11.1. The fraction of sp³-hybridized carbons (Fsp3) is 0.154. The summed E-state index contributed by atoms with van der Waals surface area (Å²) in [6, 6.07) is 15.0. The Labute approximate surface area is 190 Å². The number of halogens is 2. The van der Waals surface area contributed by atoms with E-state index in [9.17, 15) is 14.3 Å². The molecule has 1 N–H and O–H groups in total. The van der Waals surface area contributed by atoms with Crippen LogP contribution in [-0.2, 0) is 17.6 Å². The van der Waals surface area contributed by atoms with E-state index in [4.69, 9.17) is 16.3 Å². The summed E-state index contributed by atoms with van der Waals surface area (Å²) >= 11 is 6.41. The normalized spacial score (nSPS) is 11.0. The molecule has 0 aliphatic rings. The molecular weight excluding hydrogens is 429 g/mol. The number of aromatic hydroxyl groups is 1. The van der Waals surface area contributed by atoms with Crippen LogP contribution in [0.1, 0.15) is 22.3 Å². The molecule has 162 valence electrons. The van der Waals surface area contributed by atoms with E-state index in [0.29, 0.717) is 38.7 Å². The Hall–Kier alpha value is -3.44. The molecule has 0 saturated heterocycles. The molecular formula is C26H21ClFNO3. The number of phenols is 1. The van der Waals surface area contributed by atoms with E-state index in [1.54, 1.807) is 55.6 Å². The summed E-state index contributed by atoms with van der Waals surface area (Å²) in [5.41, 5.74) is 3.27. The molecule has 0 radical (unpaired) electrons. The minimum atomic E-state index is -0.382. The van der Waals surface area contributed by atoms with E-state index < -0.39 is 0 Å². The highest BCUT2D eigenvalue weighted by molar-refractivity contribution is 6.31. The lowest BCUT2D eigenvalue weighted by molar-refractivity contribution is -0.117. The fourth-order valence-corrected chi connectivity index (χ4v) is 3.78. The standard InChI is InChI=1S/C26H21ClFNO3/c1-15-3-6-23(28)18(9-15)12-19(30)11-17-4-5-20(13-22(17)27)32-26-7-8-29-24-14-25(31)16(2)10-21(24)26/h3-10,13-14,31H,11-12H2,1-2H3. The number of phenolic OH excluding ortho intramolecular Hbond substituents is 1. The van der Waals surface area contributed by atoms with Crippen molar-refractivity contribution in [1.29, 1.82) is 0 Å². The van der Waals surface area contributed by atoms with E-state index in [0.717, 1.165) is 10.9 Å². The van der Waals surface area contributed by atoms with Gasteiger partial charge in [0.2, 0.25) is 0 Å². The number of benzene rings is 3. The third-order valence-corrected chi connectivity index (χ3v) is 5.60. The number of ether oxygens (including phenoxy) is 1. The smallest absolute Gasteiger partial charge is 0.141 e. The van der Waals surface area contributed by atoms with Gasteiger partial charge in [-0.15, -0.1) is 0 Å². The average Bonchev–Trinajstić information content (AvgIpc) is 2.74. The van der Waals surface area contributed by atoms with Crippen molar-refractivity contribution in [2.45, 2.75) is 26.7 Å². The minimum Gasteiger partial charge on any atom is -0.508 e. The number of carbonyl (C=O) groups excluding carboxylic acids is 1. The quantitative estimate of drug-likeness (QED) is 0.365. The number of carbonyl (C=O) groups is 1. The van der Waals surface area contributed by atoms with Crippen LogP contribution >= 0.6 is 11.6 Å².